The number of aryl methyl sites for hydroxylation is 2. The Labute approximate surface area is 285 Å². The molecular formula is C48H42. The Morgan fingerprint density at radius 3 is 1.02 bits per heavy atom. The van der Waals surface area contributed by atoms with E-state index in [1.54, 1.807) is 0 Å². The van der Waals surface area contributed by atoms with E-state index < -0.39 is 0 Å². The second-order valence-electron chi connectivity index (χ2n) is 13.0. The molecule has 7 aromatic rings. The van der Waals surface area contributed by atoms with Crippen molar-refractivity contribution in [3.63, 3.8) is 0 Å². The van der Waals surface area contributed by atoms with E-state index in [-0.39, 0.29) is 0 Å². The maximum absolute atomic E-state index is 3.68. The summed E-state index contributed by atoms with van der Waals surface area (Å²) in [7, 11) is 0. The Bertz CT molecular complexity index is 2080. The van der Waals surface area contributed by atoms with E-state index in [4.69, 9.17) is 0 Å². The van der Waals surface area contributed by atoms with Gasteiger partial charge < -0.3 is 0 Å². The molecule has 0 spiro atoms. The highest BCUT2D eigenvalue weighted by Gasteiger charge is 2.14. The molecule has 0 heterocycles. The molecule has 0 aliphatic heterocycles. The third-order valence-corrected chi connectivity index (χ3v) is 9.56. The van der Waals surface area contributed by atoms with Crippen molar-refractivity contribution in [3.05, 3.63) is 155 Å². The number of hydrogen-bond donors (Lipinski definition) is 0. The maximum atomic E-state index is 3.68. The fourth-order valence-corrected chi connectivity index (χ4v) is 6.80. The molecule has 48 heavy (non-hydrogen) atoms. The molecule has 0 radical (unpaired) electrons. The lowest BCUT2D eigenvalue weighted by atomic mass is 9.88. The number of rotatable bonds is 8. The van der Waals surface area contributed by atoms with Gasteiger partial charge in [-0.3, -0.25) is 0 Å². The van der Waals surface area contributed by atoms with Crippen molar-refractivity contribution in [1.29, 1.82) is 0 Å². The van der Waals surface area contributed by atoms with Gasteiger partial charge in [0.05, 0.1) is 0 Å². The van der Waals surface area contributed by atoms with Gasteiger partial charge >= 0.3 is 0 Å². The van der Waals surface area contributed by atoms with Gasteiger partial charge in [-0.15, -0.1) is 0 Å². The molecule has 7 aromatic carbocycles. The summed E-state index contributed by atoms with van der Waals surface area (Å²) >= 11 is 0. The van der Waals surface area contributed by atoms with Crippen LogP contribution in [0.1, 0.15) is 85.8 Å². The Balaban J connectivity index is 1.41. The summed E-state index contributed by atoms with van der Waals surface area (Å²) in [6.07, 6.45) is 9.76. The molecule has 0 N–H and O–H groups in total. The molecular weight excluding hydrogens is 577 g/mol. The van der Waals surface area contributed by atoms with E-state index in [2.05, 4.69) is 159 Å². The topological polar surface area (TPSA) is 0 Å². The molecule has 0 aromatic heterocycles. The first kappa shape index (κ1) is 31.3. The van der Waals surface area contributed by atoms with Crippen LogP contribution < -0.4 is 0 Å². The SMILES string of the molecule is CCCCCc1ccc(C#Cc2c3cc4ccccc4cc3c(C#Cc3ccc(CCCCC)cc3)c3cc4ccccc4cc23)cc1. The Morgan fingerprint density at radius 1 is 0.375 bits per heavy atom. The lowest BCUT2D eigenvalue weighted by molar-refractivity contribution is 0.717. The number of hydrogen-bond acceptors (Lipinski definition) is 0. The molecule has 0 bridgehead atoms. The predicted molar refractivity (Wildman–Crippen MR) is 208 cm³/mol. The molecule has 0 unspecified atom stereocenters. The minimum atomic E-state index is 1.04. The first-order valence-corrected chi connectivity index (χ1v) is 17.7. The molecule has 7 rings (SSSR count). The summed E-state index contributed by atoms with van der Waals surface area (Å²) in [5, 5.41) is 9.44. The lowest BCUT2D eigenvalue weighted by Gasteiger charge is -2.14. The van der Waals surface area contributed by atoms with Gasteiger partial charge in [0, 0.05) is 22.3 Å². The van der Waals surface area contributed by atoms with Crippen LogP contribution in [0.3, 0.4) is 0 Å². The summed E-state index contributed by atoms with van der Waals surface area (Å²) in [4.78, 5) is 0. The first-order valence-electron chi connectivity index (χ1n) is 17.7. The lowest BCUT2D eigenvalue weighted by Crippen LogP contribution is -1.92. The van der Waals surface area contributed by atoms with E-state index >= 15 is 0 Å². The van der Waals surface area contributed by atoms with Gasteiger partial charge in [-0.25, -0.2) is 0 Å². The van der Waals surface area contributed by atoms with E-state index in [0.29, 0.717) is 0 Å². The Morgan fingerprint density at radius 2 is 0.708 bits per heavy atom. The number of fused-ring (bicyclic) bond motifs is 4. The second-order valence-corrected chi connectivity index (χ2v) is 13.0. The van der Waals surface area contributed by atoms with Crippen LogP contribution in [0.2, 0.25) is 0 Å². The molecule has 0 aliphatic rings. The van der Waals surface area contributed by atoms with Crippen LogP contribution in [-0.2, 0) is 12.8 Å². The van der Waals surface area contributed by atoms with Gasteiger partial charge in [0.1, 0.15) is 0 Å². The molecule has 0 saturated carbocycles. The summed E-state index contributed by atoms with van der Waals surface area (Å²) in [6.45, 7) is 4.51. The van der Waals surface area contributed by atoms with Gasteiger partial charge in [-0.1, -0.05) is 136 Å². The largest absolute Gasteiger partial charge is 0.0654 e. The molecule has 0 heteroatoms. The minimum Gasteiger partial charge on any atom is -0.0654 e. The summed E-state index contributed by atoms with van der Waals surface area (Å²) in [5.41, 5.74) is 6.98. The summed E-state index contributed by atoms with van der Waals surface area (Å²) in [5.74, 6) is 14.5. The fourth-order valence-electron chi connectivity index (χ4n) is 6.80. The third kappa shape index (κ3) is 6.86. The second kappa shape index (κ2) is 14.6. The van der Waals surface area contributed by atoms with Crippen LogP contribution in [0.15, 0.2) is 121 Å². The Kier molecular flexibility index (Phi) is 9.55. The zero-order chi connectivity index (χ0) is 32.7. The predicted octanol–water partition coefficient (Wildman–Crippen LogP) is 12.6. The van der Waals surface area contributed by atoms with Crippen molar-refractivity contribution in [2.24, 2.45) is 0 Å². The number of unbranched alkanes of at least 4 members (excludes halogenated alkanes) is 4. The molecule has 0 nitrogen and oxygen atoms in total. The first-order chi connectivity index (χ1) is 23.7. The van der Waals surface area contributed by atoms with Crippen LogP contribution in [0.4, 0.5) is 0 Å². The Hall–Kier alpha value is -5.30. The zero-order valence-corrected chi connectivity index (χ0v) is 28.2. The van der Waals surface area contributed by atoms with Gasteiger partial charge in [-0.2, -0.15) is 0 Å². The van der Waals surface area contributed by atoms with Crippen molar-refractivity contribution in [2.75, 3.05) is 0 Å². The maximum Gasteiger partial charge on any atom is 0.0407 e. The zero-order valence-electron chi connectivity index (χ0n) is 28.2. The molecule has 0 atom stereocenters. The highest BCUT2D eigenvalue weighted by molar-refractivity contribution is 6.16. The van der Waals surface area contributed by atoms with Gasteiger partial charge in [0.25, 0.3) is 0 Å². The van der Waals surface area contributed by atoms with Crippen LogP contribution in [-0.4, -0.2) is 0 Å². The van der Waals surface area contributed by atoms with Gasteiger partial charge in [0.15, 0.2) is 0 Å². The minimum absolute atomic E-state index is 1.04. The number of benzene rings is 7. The van der Waals surface area contributed by atoms with E-state index in [1.807, 2.05) is 0 Å². The molecule has 0 amide bonds. The van der Waals surface area contributed by atoms with Crippen molar-refractivity contribution in [2.45, 2.75) is 65.2 Å². The highest BCUT2D eigenvalue weighted by Crippen LogP contribution is 2.37. The molecule has 0 fully saturated rings. The van der Waals surface area contributed by atoms with Gasteiger partial charge in [-0.05, 0) is 128 Å². The average molecular weight is 619 g/mol. The quantitative estimate of drug-likeness (QED) is 0.0903. The van der Waals surface area contributed by atoms with Crippen LogP contribution in [0, 0.1) is 23.7 Å². The van der Waals surface area contributed by atoms with Crippen molar-refractivity contribution in [3.8, 4) is 23.7 Å². The van der Waals surface area contributed by atoms with Crippen molar-refractivity contribution >= 4 is 43.1 Å². The van der Waals surface area contributed by atoms with E-state index in [9.17, 15) is 0 Å². The van der Waals surface area contributed by atoms with E-state index in [0.717, 1.165) is 56.6 Å². The summed E-state index contributed by atoms with van der Waals surface area (Å²) in [6, 6.07) is 44.2. The van der Waals surface area contributed by atoms with Crippen molar-refractivity contribution < 1.29 is 0 Å². The van der Waals surface area contributed by atoms with Crippen LogP contribution in [0.25, 0.3) is 43.1 Å². The molecule has 0 saturated heterocycles. The van der Waals surface area contributed by atoms with Crippen LogP contribution >= 0.6 is 0 Å². The highest BCUT2D eigenvalue weighted by atomic mass is 14.2. The standard InChI is InChI=1S/C48H42/c1-3-5-7-13-35-19-23-37(24-20-35)27-29-43-45-31-39-15-9-11-17-41(39)33-47(45)44(48-34-42-18-12-10-16-40(42)32-46(43)48)30-28-38-25-21-36(22-26-38)14-8-6-4-2/h9-12,15-26,31-34H,3-8,13-14H2,1-2H3. The molecule has 0 aliphatic carbocycles. The van der Waals surface area contributed by atoms with E-state index in [1.165, 1.54) is 71.2 Å². The fraction of sp³-hybridized carbons (Fsp3) is 0.208. The van der Waals surface area contributed by atoms with Gasteiger partial charge in [0.2, 0.25) is 0 Å². The summed E-state index contributed by atoms with van der Waals surface area (Å²) < 4.78 is 0. The smallest absolute Gasteiger partial charge is 0.0407 e. The average Bonchev–Trinajstić information content (AvgIpc) is 3.13. The molecule has 234 valence electrons. The third-order valence-electron chi connectivity index (χ3n) is 9.56. The monoisotopic (exact) mass is 618 g/mol. The van der Waals surface area contributed by atoms with Crippen LogP contribution in [0.5, 0.6) is 0 Å². The van der Waals surface area contributed by atoms with Crippen molar-refractivity contribution in [1.82, 2.24) is 0 Å². The normalized spacial score (nSPS) is 11.0.